The summed E-state index contributed by atoms with van der Waals surface area (Å²) >= 11 is 5.74. The van der Waals surface area contributed by atoms with Gasteiger partial charge in [-0.3, -0.25) is 4.79 Å². The molecule has 0 aliphatic rings. The second-order valence-electron chi connectivity index (χ2n) is 2.20. The van der Waals surface area contributed by atoms with Crippen LogP contribution >= 0.6 is 11.6 Å². The van der Waals surface area contributed by atoms with Gasteiger partial charge in [-0.2, -0.15) is 0 Å². The Morgan fingerprint density at radius 1 is 1.62 bits per heavy atom. The second kappa shape index (κ2) is 3.78. The summed E-state index contributed by atoms with van der Waals surface area (Å²) in [5, 5.41) is 0.348. The van der Waals surface area contributed by atoms with E-state index in [4.69, 9.17) is 23.1 Å². The lowest BCUT2D eigenvalue weighted by Crippen LogP contribution is -2.06. The smallest absolute Gasteiger partial charge is 0.293 e. The molecule has 4 nitrogen and oxygen atoms in total. The number of carbonyl (C=O) groups is 1. The average Bonchev–Trinajstić information content (AvgIpc) is 2.02. The van der Waals surface area contributed by atoms with Crippen molar-refractivity contribution in [2.45, 2.75) is 0 Å². The third-order valence-corrected chi connectivity index (χ3v) is 1.51. The summed E-state index contributed by atoms with van der Waals surface area (Å²) in [5.74, 6) is 4.20. The number of primary amides is 1. The zero-order valence-electron chi connectivity index (χ0n) is 6.54. The van der Waals surface area contributed by atoms with E-state index in [1.807, 2.05) is 0 Å². The summed E-state index contributed by atoms with van der Waals surface area (Å²) in [5.41, 5.74) is 10.6. The van der Waals surface area contributed by atoms with E-state index >= 15 is 0 Å². The number of pyridine rings is 1. The minimum atomic E-state index is -0.715. The SMILES string of the molecule is NC(=O)C#Cc1cnc(N)cc1Cl. The van der Waals surface area contributed by atoms with Gasteiger partial charge in [0.2, 0.25) is 0 Å². The molecule has 0 aromatic carbocycles. The first kappa shape index (κ1) is 9.36. The lowest BCUT2D eigenvalue weighted by atomic mass is 10.3. The first-order valence-corrected chi connectivity index (χ1v) is 3.70. The monoisotopic (exact) mass is 195 g/mol. The van der Waals surface area contributed by atoms with Crippen LogP contribution in [0.3, 0.4) is 0 Å². The van der Waals surface area contributed by atoms with Crippen LogP contribution in [0, 0.1) is 11.8 Å². The highest BCUT2D eigenvalue weighted by atomic mass is 35.5. The van der Waals surface area contributed by atoms with Crippen molar-refractivity contribution in [2.75, 3.05) is 5.73 Å². The lowest BCUT2D eigenvalue weighted by molar-refractivity contribution is -0.112. The van der Waals surface area contributed by atoms with Crippen molar-refractivity contribution in [1.29, 1.82) is 0 Å². The topological polar surface area (TPSA) is 82.0 Å². The minimum absolute atomic E-state index is 0.301. The van der Waals surface area contributed by atoms with E-state index in [0.717, 1.165) is 0 Å². The highest BCUT2D eigenvalue weighted by molar-refractivity contribution is 6.32. The van der Waals surface area contributed by atoms with Gasteiger partial charge in [0.15, 0.2) is 0 Å². The van der Waals surface area contributed by atoms with Gasteiger partial charge < -0.3 is 11.5 Å². The number of aromatic nitrogens is 1. The summed E-state index contributed by atoms with van der Waals surface area (Å²) in [7, 11) is 0. The number of hydrogen-bond donors (Lipinski definition) is 2. The Bertz CT molecular complexity index is 406. The molecule has 0 aliphatic carbocycles. The molecule has 0 unspecified atom stereocenters. The number of nitrogen functional groups attached to an aromatic ring is 1. The number of nitrogens with two attached hydrogens (primary N) is 2. The van der Waals surface area contributed by atoms with Crippen molar-refractivity contribution in [3.63, 3.8) is 0 Å². The van der Waals surface area contributed by atoms with Gasteiger partial charge in [0.05, 0.1) is 10.6 Å². The number of hydrogen-bond acceptors (Lipinski definition) is 3. The zero-order valence-corrected chi connectivity index (χ0v) is 7.30. The number of anilines is 1. The quantitative estimate of drug-likeness (QED) is 0.579. The molecule has 0 spiro atoms. The van der Waals surface area contributed by atoms with E-state index in [9.17, 15) is 4.79 Å². The van der Waals surface area contributed by atoms with Gasteiger partial charge in [-0.1, -0.05) is 17.5 Å². The van der Waals surface area contributed by atoms with Crippen LogP contribution in [0.15, 0.2) is 12.3 Å². The number of amides is 1. The van der Waals surface area contributed by atoms with Crippen molar-refractivity contribution in [3.05, 3.63) is 22.8 Å². The van der Waals surface area contributed by atoms with Gasteiger partial charge in [0.25, 0.3) is 5.91 Å². The molecule has 1 aromatic rings. The van der Waals surface area contributed by atoms with Crippen molar-refractivity contribution >= 4 is 23.3 Å². The van der Waals surface area contributed by atoms with E-state index in [1.165, 1.54) is 12.3 Å². The summed E-state index contributed by atoms with van der Waals surface area (Å²) in [6.07, 6.45) is 1.38. The third-order valence-electron chi connectivity index (χ3n) is 1.19. The summed E-state index contributed by atoms with van der Waals surface area (Å²) in [4.78, 5) is 14.1. The molecule has 0 fully saturated rings. The Labute approximate surface area is 79.9 Å². The standard InChI is InChI=1S/C8H6ClN3O/c9-6-3-7(10)12-4-5(6)1-2-8(11)13/h3-4H,(H2,10,12)(H2,11,13). The van der Waals surface area contributed by atoms with Gasteiger partial charge in [0, 0.05) is 18.2 Å². The molecular weight excluding hydrogens is 190 g/mol. The maximum Gasteiger partial charge on any atom is 0.293 e. The van der Waals surface area contributed by atoms with E-state index in [-0.39, 0.29) is 0 Å². The van der Waals surface area contributed by atoms with Crippen molar-refractivity contribution in [2.24, 2.45) is 5.73 Å². The van der Waals surface area contributed by atoms with Gasteiger partial charge in [-0.15, -0.1) is 0 Å². The molecule has 0 saturated heterocycles. The van der Waals surface area contributed by atoms with Gasteiger partial charge >= 0.3 is 0 Å². The third kappa shape index (κ3) is 2.65. The average molecular weight is 196 g/mol. The van der Waals surface area contributed by atoms with E-state index in [0.29, 0.717) is 16.4 Å². The Kier molecular flexibility index (Phi) is 2.72. The van der Waals surface area contributed by atoms with E-state index in [1.54, 1.807) is 0 Å². The molecule has 66 valence electrons. The van der Waals surface area contributed by atoms with Gasteiger partial charge in [-0.05, 0) is 0 Å². The molecule has 1 aromatic heterocycles. The molecule has 1 rings (SSSR count). The summed E-state index contributed by atoms with van der Waals surface area (Å²) in [6.45, 7) is 0. The normalized spacial score (nSPS) is 8.69. The molecule has 0 aliphatic heterocycles. The van der Waals surface area contributed by atoms with Crippen molar-refractivity contribution < 1.29 is 4.79 Å². The first-order chi connectivity index (χ1) is 6.09. The first-order valence-electron chi connectivity index (χ1n) is 3.32. The van der Waals surface area contributed by atoms with Gasteiger partial charge in [0.1, 0.15) is 5.82 Å². The van der Waals surface area contributed by atoms with Crippen LogP contribution < -0.4 is 11.5 Å². The van der Waals surface area contributed by atoms with Crippen LogP contribution in [0.4, 0.5) is 5.82 Å². The Balaban J connectivity index is 3.05. The number of rotatable bonds is 0. The highest BCUT2D eigenvalue weighted by Gasteiger charge is 1.97. The molecule has 0 saturated carbocycles. The van der Waals surface area contributed by atoms with E-state index in [2.05, 4.69) is 16.8 Å². The molecule has 1 amide bonds. The minimum Gasteiger partial charge on any atom is -0.384 e. The van der Waals surface area contributed by atoms with Crippen LogP contribution in [-0.2, 0) is 4.79 Å². The van der Waals surface area contributed by atoms with Crippen LogP contribution in [0.5, 0.6) is 0 Å². The molecule has 0 atom stereocenters. The van der Waals surface area contributed by atoms with Gasteiger partial charge in [-0.25, -0.2) is 4.98 Å². The maximum atomic E-state index is 10.3. The Morgan fingerprint density at radius 2 is 2.31 bits per heavy atom. The predicted molar refractivity (Wildman–Crippen MR) is 49.7 cm³/mol. The van der Waals surface area contributed by atoms with Crippen LogP contribution in [0.25, 0.3) is 0 Å². The van der Waals surface area contributed by atoms with Crippen LogP contribution in [-0.4, -0.2) is 10.9 Å². The Hall–Kier alpha value is -1.73. The number of nitrogens with zero attached hydrogens (tertiary/aromatic N) is 1. The van der Waals surface area contributed by atoms with Crippen molar-refractivity contribution in [3.8, 4) is 11.8 Å². The molecule has 4 N–H and O–H groups in total. The maximum absolute atomic E-state index is 10.3. The molecule has 1 heterocycles. The van der Waals surface area contributed by atoms with Crippen LogP contribution in [0.2, 0.25) is 5.02 Å². The molecule has 5 heteroatoms. The molecular formula is C8H6ClN3O. The predicted octanol–water partition coefficient (Wildman–Crippen LogP) is 0.154. The van der Waals surface area contributed by atoms with Crippen molar-refractivity contribution in [1.82, 2.24) is 4.98 Å². The fraction of sp³-hybridized carbons (Fsp3) is 0. The largest absolute Gasteiger partial charge is 0.384 e. The lowest BCUT2D eigenvalue weighted by Gasteiger charge is -1.95. The van der Waals surface area contributed by atoms with E-state index < -0.39 is 5.91 Å². The summed E-state index contributed by atoms with van der Waals surface area (Å²) in [6, 6.07) is 1.45. The summed E-state index contributed by atoms with van der Waals surface area (Å²) < 4.78 is 0. The van der Waals surface area contributed by atoms with Crippen LogP contribution in [0.1, 0.15) is 5.56 Å². The zero-order chi connectivity index (χ0) is 9.84. The molecule has 13 heavy (non-hydrogen) atoms. The number of carbonyl (C=O) groups excluding carboxylic acids is 1. The fourth-order valence-electron chi connectivity index (χ4n) is 0.667. The number of halogens is 1. The molecule has 0 radical (unpaired) electrons. The molecule has 0 bridgehead atoms. The Morgan fingerprint density at radius 3 is 2.85 bits per heavy atom. The highest BCUT2D eigenvalue weighted by Crippen LogP contribution is 2.15. The fourth-order valence-corrected chi connectivity index (χ4v) is 0.874. The second-order valence-corrected chi connectivity index (χ2v) is 2.61.